The monoisotopic (exact) mass is 491 g/mol. The molecule has 36 heavy (non-hydrogen) atoms. The molecule has 0 spiro atoms. The van der Waals surface area contributed by atoms with E-state index in [1.54, 1.807) is 26.7 Å². The summed E-state index contributed by atoms with van der Waals surface area (Å²) in [5.74, 6) is 1.48. The molecule has 1 saturated carbocycles. The zero-order valence-electron chi connectivity index (χ0n) is 20.2. The molecule has 3 fully saturated rings. The topological polar surface area (TPSA) is 105 Å². The Balaban J connectivity index is 1.14. The van der Waals surface area contributed by atoms with Crippen molar-refractivity contribution >= 4 is 23.5 Å². The minimum absolute atomic E-state index is 0.0401. The first-order chi connectivity index (χ1) is 17.6. The Labute approximate surface area is 208 Å². The van der Waals surface area contributed by atoms with Crippen LogP contribution in [0.2, 0.25) is 0 Å². The van der Waals surface area contributed by atoms with E-state index >= 15 is 0 Å². The van der Waals surface area contributed by atoms with Crippen LogP contribution in [0, 0.1) is 0 Å². The number of fused-ring (bicyclic) bond motifs is 1. The highest BCUT2D eigenvalue weighted by molar-refractivity contribution is 5.81. The number of carbonyl (C=O) groups excluding carboxylic acids is 2. The fourth-order valence-corrected chi connectivity index (χ4v) is 4.71. The number of piperazine rings is 1. The lowest BCUT2D eigenvalue weighted by molar-refractivity contribution is -0.127. The van der Waals surface area contributed by atoms with E-state index < -0.39 is 0 Å². The lowest BCUT2D eigenvalue weighted by Crippen LogP contribution is -2.49. The standard InChI is InChI=1S/C25H29N7O4/c1-2-29-16-18(14-22(29)33)36-25(34)31-12-10-30(11-13-31)21-7-9-32-23(28-21)20(15-27-32)19-4-3-8-26-24(19)35-17-5-6-17/h3-4,7-9,15,17-18H,2,5-6,10-14,16H2,1H3/t18-/m1/s1. The van der Waals surface area contributed by atoms with Crippen LogP contribution in [0.3, 0.4) is 0 Å². The van der Waals surface area contributed by atoms with Gasteiger partial charge in [0.25, 0.3) is 0 Å². The molecule has 0 unspecified atom stereocenters. The molecule has 0 aromatic carbocycles. The molecule has 11 nitrogen and oxygen atoms in total. The van der Waals surface area contributed by atoms with E-state index in [2.05, 4.69) is 15.0 Å². The highest BCUT2D eigenvalue weighted by Gasteiger charge is 2.33. The molecule has 3 aromatic heterocycles. The molecule has 2 aliphatic heterocycles. The lowest BCUT2D eigenvalue weighted by Gasteiger charge is -2.35. The van der Waals surface area contributed by atoms with Crippen molar-refractivity contribution in [3.8, 4) is 17.0 Å². The minimum Gasteiger partial charge on any atom is -0.474 e. The van der Waals surface area contributed by atoms with Gasteiger partial charge >= 0.3 is 6.09 Å². The van der Waals surface area contributed by atoms with Crippen LogP contribution in [-0.4, -0.2) is 92.9 Å². The van der Waals surface area contributed by atoms with Gasteiger partial charge in [-0.25, -0.2) is 19.3 Å². The van der Waals surface area contributed by atoms with Gasteiger partial charge in [0.1, 0.15) is 18.0 Å². The third kappa shape index (κ3) is 4.40. The largest absolute Gasteiger partial charge is 0.474 e. The summed E-state index contributed by atoms with van der Waals surface area (Å²) in [5, 5.41) is 4.47. The second-order valence-electron chi connectivity index (χ2n) is 9.40. The van der Waals surface area contributed by atoms with Crippen LogP contribution in [0.1, 0.15) is 26.2 Å². The Morgan fingerprint density at radius 2 is 1.94 bits per heavy atom. The first-order valence-electron chi connectivity index (χ1n) is 12.5. The van der Waals surface area contributed by atoms with Gasteiger partial charge in [-0.3, -0.25) is 4.79 Å². The summed E-state index contributed by atoms with van der Waals surface area (Å²) in [7, 11) is 0. The zero-order valence-corrected chi connectivity index (χ0v) is 20.2. The Kier molecular flexibility index (Phi) is 5.82. The van der Waals surface area contributed by atoms with E-state index in [0.29, 0.717) is 45.1 Å². The molecule has 5 heterocycles. The van der Waals surface area contributed by atoms with E-state index in [0.717, 1.165) is 35.4 Å². The Morgan fingerprint density at radius 3 is 2.69 bits per heavy atom. The summed E-state index contributed by atoms with van der Waals surface area (Å²) in [4.78, 5) is 39.5. The average molecular weight is 492 g/mol. The molecule has 0 bridgehead atoms. The van der Waals surface area contributed by atoms with Crippen LogP contribution in [0.4, 0.5) is 10.6 Å². The van der Waals surface area contributed by atoms with Crippen LogP contribution >= 0.6 is 0 Å². The molecular weight excluding hydrogens is 462 g/mol. The van der Waals surface area contributed by atoms with Gasteiger partial charge in [0.05, 0.1) is 24.7 Å². The number of carbonyl (C=O) groups is 2. The number of likely N-dealkylation sites (N-methyl/N-ethyl adjacent to an activating group) is 1. The van der Waals surface area contributed by atoms with E-state index in [-0.39, 0.29) is 30.6 Å². The van der Waals surface area contributed by atoms with Crippen LogP contribution in [-0.2, 0) is 9.53 Å². The number of rotatable bonds is 6. The second kappa shape index (κ2) is 9.29. The van der Waals surface area contributed by atoms with Gasteiger partial charge in [-0.05, 0) is 38.0 Å². The van der Waals surface area contributed by atoms with Crippen LogP contribution in [0.5, 0.6) is 5.88 Å². The molecule has 3 aliphatic rings. The smallest absolute Gasteiger partial charge is 0.410 e. The van der Waals surface area contributed by atoms with Gasteiger partial charge in [-0.2, -0.15) is 5.10 Å². The molecular formula is C25H29N7O4. The molecule has 6 rings (SSSR count). The number of hydrogen-bond donors (Lipinski definition) is 0. The van der Waals surface area contributed by atoms with Crippen molar-refractivity contribution in [1.82, 2.24) is 29.4 Å². The highest BCUT2D eigenvalue weighted by Crippen LogP contribution is 2.35. The van der Waals surface area contributed by atoms with Crippen molar-refractivity contribution in [2.45, 2.75) is 38.4 Å². The van der Waals surface area contributed by atoms with Gasteiger partial charge < -0.3 is 24.2 Å². The minimum atomic E-state index is -0.367. The summed E-state index contributed by atoms with van der Waals surface area (Å²) >= 11 is 0. The third-order valence-electron chi connectivity index (χ3n) is 6.91. The maximum Gasteiger partial charge on any atom is 0.410 e. The van der Waals surface area contributed by atoms with Gasteiger partial charge in [-0.15, -0.1) is 0 Å². The molecule has 11 heteroatoms. The van der Waals surface area contributed by atoms with Crippen molar-refractivity contribution in [1.29, 1.82) is 0 Å². The van der Waals surface area contributed by atoms with Crippen molar-refractivity contribution < 1.29 is 19.1 Å². The predicted octanol–water partition coefficient (Wildman–Crippen LogP) is 2.21. The Morgan fingerprint density at radius 1 is 1.11 bits per heavy atom. The van der Waals surface area contributed by atoms with Gasteiger partial charge in [-0.1, -0.05) is 0 Å². The van der Waals surface area contributed by atoms with Crippen molar-refractivity contribution in [3.05, 3.63) is 36.8 Å². The number of nitrogens with zero attached hydrogens (tertiary/aromatic N) is 7. The highest BCUT2D eigenvalue weighted by atomic mass is 16.6. The van der Waals surface area contributed by atoms with Crippen molar-refractivity contribution in [2.24, 2.45) is 0 Å². The molecule has 0 radical (unpaired) electrons. The molecule has 1 atom stereocenters. The second-order valence-corrected chi connectivity index (χ2v) is 9.40. The molecule has 188 valence electrons. The molecule has 1 aliphatic carbocycles. The van der Waals surface area contributed by atoms with E-state index in [1.807, 2.05) is 31.3 Å². The number of pyridine rings is 1. The summed E-state index contributed by atoms with van der Waals surface area (Å²) < 4.78 is 13.4. The molecule has 3 aromatic rings. The summed E-state index contributed by atoms with van der Waals surface area (Å²) in [6, 6.07) is 5.81. The number of aromatic nitrogens is 4. The van der Waals surface area contributed by atoms with E-state index in [9.17, 15) is 9.59 Å². The SMILES string of the molecule is CCN1C[C@H](OC(=O)N2CCN(c3ccn4ncc(-c5cccnc5OC5CC5)c4n3)CC2)CC1=O. The molecule has 0 N–H and O–H groups in total. The Hall–Kier alpha value is -3.89. The third-order valence-corrected chi connectivity index (χ3v) is 6.91. The maximum absolute atomic E-state index is 12.7. The number of likely N-dealkylation sites (tertiary alicyclic amines) is 1. The normalized spacial score (nSPS) is 20.3. The van der Waals surface area contributed by atoms with E-state index in [4.69, 9.17) is 14.5 Å². The van der Waals surface area contributed by atoms with Crippen LogP contribution < -0.4 is 9.64 Å². The van der Waals surface area contributed by atoms with Crippen molar-refractivity contribution in [2.75, 3.05) is 44.2 Å². The van der Waals surface area contributed by atoms with Crippen LogP contribution in [0.15, 0.2) is 36.8 Å². The number of hydrogen-bond acceptors (Lipinski definition) is 8. The quantitative estimate of drug-likeness (QED) is 0.517. The van der Waals surface area contributed by atoms with Gasteiger partial charge in [0.15, 0.2) is 5.65 Å². The first kappa shape index (κ1) is 22.6. The van der Waals surface area contributed by atoms with E-state index in [1.165, 1.54) is 0 Å². The summed E-state index contributed by atoms with van der Waals surface area (Å²) in [6.45, 7) is 5.36. The van der Waals surface area contributed by atoms with Gasteiger partial charge in [0.2, 0.25) is 11.8 Å². The average Bonchev–Trinajstić information content (AvgIpc) is 3.51. The number of ether oxygens (including phenoxy) is 2. The van der Waals surface area contributed by atoms with Crippen LogP contribution in [0.25, 0.3) is 16.8 Å². The lowest BCUT2D eigenvalue weighted by atomic mass is 10.1. The Bertz CT molecular complexity index is 1280. The zero-order chi connectivity index (χ0) is 24.6. The van der Waals surface area contributed by atoms with Crippen molar-refractivity contribution in [3.63, 3.8) is 0 Å². The molecule has 2 amide bonds. The summed E-state index contributed by atoms with van der Waals surface area (Å²) in [5.41, 5.74) is 2.48. The molecule has 2 saturated heterocycles. The summed E-state index contributed by atoms with van der Waals surface area (Å²) in [6.07, 6.45) is 7.33. The maximum atomic E-state index is 12.7. The first-order valence-corrected chi connectivity index (χ1v) is 12.5. The number of amides is 2. The predicted molar refractivity (Wildman–Crippen MR) is 131 cm³/mol. The fraction of sp³-hybridized carbons (Fsp3) is 0.480. The van der Waals surface area contributed by atoms with Gasteiger partial charge in [0, 0.05) is 50.7 Å². The fourth-order valence-electron chi connectivity index (χ4n) is 4.71. The number of anilines is 1.